The number of rotatable bonds is 2. The Labute approximate surface area is 183 Å². The molecule has 0 aliphatic carbocycles. The fourth-order valence-corrected chi connectivity index (χ4v) is 7.77. The van der Waals surface area contributed by atoms with Gasteiger partial charge in [0.1, 0.15) is 15.5 Å². The quantitative estimate of drug-likeness (QED) is 0.602. The molecule has 3 rings (SSSR count). The molecule has 2 aliphatic rings. The fourth-order valence-electron chi connectivity index (χ4n) is 3.67. The normalized spacial score (nSPS) is 22.0. The third kappa shape index (κ3) is 4.50. The first-order chi connectivity index (χ1) is 13.1. The number of nitrogens with zero attached hydrogens (tertiary/aromatic N) is 1. The number of hydrogen-bond acceptors (Lipinski definition) is 5. The Morgan fingerprint density at radius 3 is 2.43 bits per heavy atom. The van der Waals surface area contributed by atoms with Gasteiger partial charge in [0.15, 0.2) is 0 Å². The Morgan fingerprint density at radius 1 is 1.25 bits per heavy atom. The largest absolute Gasteiger partial charge is 0.444 e. The van der Waals surface area contributed by atoms with Crippen molar-refractivity contribution in [2.45, 2.75) is 55.3 Å². The molecule has 2 fully saturated rings. The number of hydrogen-bond donors (Lipinski definition) is 1. The number of thioether (sulfide) groups is 2. The van der Waals surface area contributed by atoms with Crippen LogP contribution < -0.4 is 0 Å². The van der Waals surface area contributed by atoms with Crippen molar-refractivity contribution in [2.24, 2.45) is 0 Å². The number of ether oxygens (including phenoxy) is 1. The first-order valence-corrected chi connectivity index (χ1v) is 12.3. The zero-order chi connectivity index (χ0) is 20.6. The van der Waals surface area contributed by atoms with Crippen LogP contribution in [0.15, 0.2) is 22.7 Å². The highest BCUT2D eigenvalue weighted by Gasteiger charge is 2.56. The molecule has 0 saturated carbocycles. The average molecular weight is 492 g/mol. The van der Waals surface area contributed by atoms with Gasteiger partial charge in [-0.15, -0.1) is 23.5 Å². The minimum atomic E-state index is -1.11. The van der Waals surface area contributed by atoms with Crippen LogP contribution in [0, 0.1) is 5.82 Å². The summed E-state index contributed by atoms with van der Waals surface area (Å²) in [5.74, 6) is 1.45. The summed E-state index contributed by atoms with van der Waals surface area (Å²) < 4.78 is 20.4. The van der Waals surface area contributed by atoms with Gasteiger partial charge in [0.25, 0.3) is 0 Å². The molecule has 1 amide bonds. The van der Waals surface area contributed by atoms with E-state index in [1.807, 2.05) is 20.8 Å². The van der Waals surface area contributed by atoms with Gasteiger partial charge in [0.2, 0.25) is 0 Å². The first kappa shape index (κ1) is 22.2. The lowest BCUT2D eigenvalue weighted by atomic mass is 9.84. The molecule has 156 valence electrons. The average Bonchev–Trinajstić information content (AvgIpc) is 2.63. The molecule has 0 spiro atoms. The van der Waals surface area contributed by atoms with E-state index < -0.39 is 15.3 Å². The molecule has 28 heavy (non-hydrogen) atoms. The molecule has 1 aromatic carbocycles. The van der Waals surface area contributed by atoms with E-state index in [-0.39, 0.29) is 11.9 Å². The van der Waals surface area contributed by atoms with E-state index in [4.69, 9.17) is 4.74 Å². The van der Waals surface area contributed by atoms with E-state index in [1.54, 1.807) is 40.6 Å². The van der Waals surface area contributed by atoms with Gasteiger partial charge < -0.3 is 14.7 Å². The number of likely N-dealkylation sites (tertiary alicyclic amines) is 1. The molecule has 0 unspecified atom stereocenters. The van der Waals surface area contributed by atoms with Crippen molar-refractivity contribution in [3.05, 3.63) is 34.1 Å². The lowest BCUT2D eigenvalue weighted by molar-refractivity contribution is -0.0402. The van der Waals surface area contributed by atoms with Gasteiger partial charge in [0.05, 0.1) is 5.60 Å². The van der Waals surface area contributed by atoms with Gasteiger partial charge in [-0.1, -0.05) is 15.9 Å². The number of carbonyl (C=O) groups excluding carboxylic acids is 1. The van der Waals surface area contributed by atoms with Crippen molar-refractivity contribution in [1.82, 2.24) is 4.90 Å². The molecule has 4 nitrogen and oxygen atoms in total. The number of benzene rings is 1. The second-order valence-corrected chi connectivity index (χ2v) is 12.1. The first-order valence-electron chi connectivity index (χ1n) is 9.50. The highest BCUT2D eigenvalue weighted by Crippen LogP contribution is 2.60. The summed E-state index contributed by atoms with van der Waals surface area (Å²) in [6.07, 6.45) is 1.45. The van der Waals surface area contributed by atoms with Crippen molar-refractivity contribution in [2.75, 3.05) is 24.6 Å². The van der Waals surface area contributed by atoms with E-state index in [0.717, 1.165) is 22.4 Å². The monoisotopic (exact) mass is 491 g/mol. The zero-order valence-corrected chi connectivity index (χ0v) is 19.7. The molecule has 1 N–H and O–H groups in total. The zero-order valence-electron chi connectivity index (χ0n) is 16.5. The Balaban J connectivity index is 1.86. The maximum absolute atomic E-state index is 14.9. The highest BCUT2D eigenvalue weighted by molar-refractivity contribution is 9.10. The van der Waals surface area contributed by atoms with Crippen LogP contribution in [-0.2, 0) is 8.82 Å². The van der Waals surface area contributed by atoms with Crippen LogP contribution in [0.2, 0.25) is 0 Å². The number of amides is 1. The van der Waals surface area contributed by atoms with E-state index in [2.05, 4.69) is 15.9 Å². The van der Waals surface area contributed by atoms with Crippen LogP contribution in [0.5, 0.6) is 0 Å². The predicted molar refractivity (Wildman–Crippen MR) is 117 cm³/mol. The Kier molecular flexibility index (Phi) is 6.64. The summed E-state index contributed by atoms with van der Waals surface area (Å²) in [4.78, 5) is 14.0. The van der Waals surface area contributed by atoms with Crippen molar-refractivity contribution < 1.29 is 19.0 Å². The third-order valence-corrected chi connectivity index (χ3v) is 9.24. The minimum Gasteiger partial charge on any atom is -0.444 e. The smallest absolute Gasteiger partial charge is 0.410 e. The highest BCUT2D eigenvalue weighted by atomic mass is 79.9. The second kappa shape index (κ2) is 8.36. The van der Waals surface area contributed by atoms with E-state index in [1.165, 1.54) is 6.07 Å². The summed E-state index contributed by atoms with van der Waals surface area (Å²) in [6, 6.07) is 4.93. The van der Waals surface area contributed by atoms with E-state index >= 15 is 0 Å². The van der Waals surface area contributed by atoms with Crippen LogP contribution in [0.25, 0.3) is 0 Å². The summed E-state index contributed by atoms with van der Waals surface area (Å²) >= 11 is 6.71. The minimum absolute atomic E-state index is 0.298. The van der Waals surface area contributed by atoms with Crippen LogP contribution in [0.3, 0.4) is 0 Å². The Hall–Kier alpha value is -0.440. The SMILES string of the molecule is CC(C)(C)OC(=O)N1CCC(O)(C2(c3cc(Br)ccc3F)SCCCS2)CC1. The molecular formula is C20H27BrFNO3S2. The van der Waals surface area contributed by atoms with Crippen molar-refractivity contribution in [3.63, 3.8) is 0 Å². The number of aliphatic hydroxyl groups is 1. The van der Waals surface area contributed by atoms with Gasteiger partial charge in [0, 0.05) is 23.1 Å². The summed E-state index contributed by atoms with van der Waals surface area (Å²) in [7, 11) is 0. The van der Waals surface area contributed by atoms with Gasteiger partial charge in [-0.3, -0.25) is 0 Å². The van der Waals surface area contributed by atoms with Crippen molar-refractivity contribution in [3.8, 4) is 0 Å². The molecule has 0 atom stereocenters. The van der Waals surface area contributed by atoms with Gasteiger partial charge in [-0.2, -0.15) is 0 Å². The van der Waals surface area contributed by atoms with Gasteiger partial charge in [-0.05, 0) is 69.7 Å². The molecule has 0 radical (unpaired) electrons. The van der Waals surface area contributed by atoms with Gasteiger partial charge in [-0.25, -0.2) is 9.18 Å². The maximum Gasteiger partial charge on any atom is 0.410 e. The van der Waals surface area contributed by atoms with Crippen LogP contribution in [0.4, 0.5) is 9.18 Å². The topological polar surface area (TPSA) is 49.8 Å². The molecule has 0 bridgehead atoms. The molecule has 2 aliphatic heterocycles. The predicted octanol–water partition coefficient (Wildman–Crippen LogP) is 5.37. The number of halogens is 2. The lowest BCUT2D eigenvalue weighted by Gasteiger charge is -2.51. The van der Waals surface area contributed by atoms with E-state index in [0.29, 0.717) is 31.5 Å². The third-order valence-electron chi connectivity index (χ3n) is 5.04. The maximum atomic E-state index is 14.9. The molecule has 1 aromatic rings. The van der Waals surface area contributed by atoms with Crippen LogP contribution in [-0.4, -0.2) is 51.9 Å². The summed E-state index contributed by atoms with van der Waals surface area (Å²) in [6.45, 7) is 6.30. The molecule has 0 aromatic heterocycles. The standard InChI is InChI=1S/C20H27BrFNO3S2/c1-18(2,3)26-17(24)23-9-7-19(25,8-10-23)20(27-11-4-12-28-20)15-13-14(21)5-6-16(15)22/h5-6,13,25H,4,7-12H2,1-3H3. The fraction of sp³-hybridized carbons (Fsp3) is 0.650. The molecule has 2 heterocycles. The number of carbonyl (C=O) groups is 1. The lowest BCUT2D eigenvalue weighted by Crippen LogP contribution is -2.57. The summed E-state index contributed by atoms with van der Waals surface area (Å²) in [5, 5.41) is 11.7. The molecule has 8 heteroatoms. The Morgan fingerprint density at radius 2 is 1.86 bits per heavy atom. The van der Waals surface area contributed by atoms with Crippen molar-refractivity contribution >= 4 is 45.5 Å². The van der Waals surface area contributed by atoms with Crippen molar-refractivity contribution in [1.29, 1.82) is 0 Å². The number of piperidine rings is 1. The van der Waals surface area contributed by atoms with Crippen LogP contribution in [0.1, 0.15) is 45.6 Å². The molecule has 2 saturated heterocycles. The Bertz CT molecular complexity index is 727. The molecular weight excluding hydrogens is 465 g/mol. The van der Waals surface area contributed by atoms with E-state index in [9.17, 15) is 14.3 Å². The summed E-state index contributed by atoms with van der Waals surface area (Å²) in [5.41, 5.74) is -1.13. The van der Waals surface area contributed by atoms with Crippen LogP contribution >= 0.6 is 39.5 Å². The van der Waals surface area contributed by atoms with Gasteiger partial charge >= 0.3 is 6.09 Å². The second-order valence-electron chi connectivity index (χ2n) is 8.29.